The van der Waals surface area contributed by atoms with Crippen LogP contribution in [0.15, 0.2) is 247 Å². The molecule has 8 aromatic heterocycles. The minimum atomic E-state index is 0.748. The Morgan fingerprint density at radius 3 is 1.29 bits per heavy atom. The predicted octanol–water partition coefficient (Wildman–Crippen LogP) is 20.5. The summed E-state index contributed by atoms with van der Waals surface area (Å²) in [5, 5.41) is 17.0. The molecule has 0 aliphatic heterocycles. The standard InChI is InChI=1S/C72H37N3O5/c1-7-19-52-40(13-1)43-29-34-62-66(48-18-6-12-24-59(48)76-62)68(43)75(52)69-67-51-36-39(74-54-21-9-3-17-47(54)65-56(74)31-28-45-42-15-5-11-23-58(42)79-71(45)65)26-33-61(51)77-63(67)37-50-49-35-38(25-32-60(49)80-72(50)69)73-53-20-8-2-16-46(53)64-55(73)30-27-44-41-14-4-10-22-57(41)78-70(44)64/h1-37H. The summed E-state index contributed by atoms with van der Waals surface area (Å²) in [6.07, 6.45) is 0. The van der Waals surface area contributed by atoms with E-state index in [1.54, 1.807) is 0 Å². The molecule has 0 atom stereocenters. The zero-order chi connectivity index (χ0) is 51.6. The number of para-hydroxylation sites is 6. The average molecular weight is 1020 g/mol. The smallest absolute Gasteiger partial charge is 0.160 e. The third-order valence-corrected chi connectivity index (χ3v) is 17.4. The van der Waals surface area contributed by atoms with Crippen LogP contribution >= 0.6 is 0 Å². The maximum atomic E-state index is 7.41. The first kappa shape index (κ1) is 41.2. The summed E-state index contributed by atoms with van der Waals surface area (Å²) >= 11 is 0. The van der Waals surface area contributed by atoms with Gasteiger partial charge in [0.05, 0.1) is 54.6 Å². The van der Waals surface area contributed by atoms with E-state index in [0.717, 1.165) is 192 Å². The van der Waals surface area contributed by atoms with Crippen LogP contribution in [0.5, 0.6) is 0 Å². The molecular weight excluding hydrogens is 987 g/mol. The molecule has 0 aliphatic carbocycles. The van der Waals surface area contributed by atoms with E-state index in [1.165, 1.54) is 0 Å². The van der Waals surface area contributed by atoms with Crippen LogP contribution in [0.4, 0.5) is 0 Å². The third kappa shape index (κ3) is 5.07. The molecular formula is C72H37N3O5. The van der Waals surface area contributed by atoms with Crippen molar-refractivity contribution in [3.8, 4) is 17.1 Å². The molecule has 370 valence electrons. The van der Waals surface area contributed by atoms with Gasteiger partial charge in [0.1, 0.15) is 55.9 Å². The van der Waals surface area contributed by atoms with Gasteiger partial charge in [0, 0.05) is 76.0 Å². The summed E-state index contributed by atoms with van der Waals surface area (Å²) in [6, 6.07) is 79.5. The minimum Gasteiger partial charge on any atom is -0.456 e. The van der Waals surface area contributed by atoms with E-state index in [2.05, 4.69) is 220 Å². The maximum absolute atomic E-state index is 7.41. The van der Waals surface area contributed by atoms with Crippen LogP contribution in [0.25, 0.3) is 192 Å². The summed E-state index contributed by atoms with van der Waals surface area (Å²) in [5.74, 6) is 0. The molecule has 8 heteroatoms. The number of benzene rings is 12. The van der Waals surface area contributed by atoms with Crippen molar-refractivity contribution in [2.75, 3.05) is 0 Å². The maximum Gasteiger partial charge on any atom is 0.160 e. The normalized spacial score (nSPS) is 12.8. The van der Waals surface area contributed by atoms with Gasteiger partial charge in [-0.1, -0.05) is 109 Å². The zero-order valence-corrected chi connectivity index (χ0v) is 42.2. The fourth-order valence-electron chi connectivity index (χ4n) is 14.1. The molecule has 0 spiro atoms. The minimum absolute atomic E-state index is 0.748. The quantitative estimate of drug-likeness (QED) is 0.176. The first-order chi connectivity index (χ1) is 39.7. The Kier molecular flexibility index (Phi) is 7.49. The second kappa shape index (κ2) is 14.5. The molecule has 0 amide bonds. The van der Waals surface area contributed by atoms with E-state index >= 15 is 0 Å². The van der Waals surface area contributed by atoms with Gasteiger partial charge in [0.2, 0.25) is 0 Å². The van der Waals surface area contributed by atoms with Gasteiger partial charge in [-0.3, -0.25) is 0 Å². The van der Waals surface area contributed by atoms with Gasteiger partial charge in [-0.15, -0.1) is 0 Å². The number of hydrogen-bond donors (Lipinski definition) is 0. The largest absolute Gasteiger partial charge is 0.456 e. The van der Waals surface area contributed by atoms with Crippen molar-refractivity contribution in [1.82, 2.24) is 13.7 Å². The van der Waals surface area contributed by atoms with Crippen LogP contribution in [-0.4, -0.2) is 13.7 Å². The Bertz CT molecular complexity index is 6170. The van der Waals surface area contributed by atoms with E-state index in [4.69, 9.17) is 22.1 Å². The molecule has 8 heterocycles. The topological polar surface area (TPSA) is 80.5 Å². The van der Waals surface area contributed by atoms with Crippen molar-refractivity contribution < 1.29 is 22.1 Å². The highest BCUT2D eigenvalue weighted by Crippen LogP contribution is 2.50. The second-order valence-electron chi connectivity index (χ2n) is 21.4. The Morgan fingerprint density at radius 1 is 0.212 bits per heavy atom. The molecule has 0 unspecified atom stereocenters. The number of hydrogen-bond acceptors (Lipinski definition) is 5. The number of nitrogens with zero attached hydrogens (tertiary/aromatic N) is 3. The molecule has 0 saturated heterocycles. The van der Waals surface area contributed by atoms with Crippen molar-refractivity contribution in [2.45, 2.75) is 0 Å². The first-order valence-electron chi connectivity index (χ1n) is 27.1. The highest BCUT2D eigenvalue weighted by Gasteiger charge is 2.28. The molecule has 0 radical (unpaired) electrons. The lowest BCUT2D eigenvalue weighted by Gasteiger charge is -2.12. The molecule has 0 bridgehead atoms. The molecule has 0 saturated carbocycles. The molecule has 12 aromatic carbocycles. The van der Waals surface area contributed by atoms with E-state index in [-0.39, 0.29) is 0 Å². The van der Waals surface area contributed by atoms with Crippen molar-refractivity contribution in [2.24, 2.45) is 0 Å². The molecule has 0 fully saturated rings. The van der Waals surface area contributed by atoms with Gasteiger partial charge in [0.25, 0.3) is 0 Å². The van der Waals surface area contributed by atoms with Crippen molar-refractivity contribution in [3.63, 3.8) is 0 Å². The van der Waals surface area contributed by atoms with Gasteiger partial charge in [0.15, 0.2) is 5.58 Å². The number of aromatic nitrogens is 3. The third-order valence-electron chi connectivity index (χ3n) is 17.4. The molecule has 20 aromatic rings. The van der Waals surface area contributed by atoms with E-state index in [1.807, 2.05) is 18.2 Å². The summed E-state index contributed by atoms with van der Waals surface area (Å²) in [7, 11) is 0. The Morgan fingerprint density at radius 2 is 0.662 bits per heavy atom. The van der Waals surface area contributed by atoms with Crippen molar-refractivity contribution in [3.05, 3.63) is 224 Å². The van der Waals surface area contributed by atoms with Gasteiger partial charge in [-0.05, 0) is 115 Å². The lowest BCUT2D eigenvalue weighted by atomic mass is 10.0. The van der Waals surface area contributed by atoms with Gasteiger partial charge >= 0.3 is 0 Å². The molecule has 20 rings (SSSR count). The Balaban J connectivity index is 0.913. The number of rotatable bonds is 3. The fraction of sp³-hybridized carbons (Fsp3) is 0. The molecule has 80 heavy (non-hydrogen) atoms. The predicted molar refractivity (Wildman–Crippen MR) is 326 cm³/mol. The molecule has 0 N–H and O–H groups in total. The van der Waals surface area contributed by atoms with Crippen LogP contribution in [-0.2, 0) is 0 Å². The summed E-state index contributed by atoms with van der Waals surface area (Å²) in [5.41, 5.74) is 17.5. The molecule has 0 aliphatic rings. The summed E-state index contributed by atoms with van der Waals surface area (Å²) < 4.78 is 41.8. The lowest BCUT2D eigenvalue weighted by Crippen LogP contribution is -1.97. The van der Waals surface area contributed by atoms with E-state index < -0.39 is 0 Å². The second-order valence-corrected chi connectivity index (χ2v) is 21.4. The van der Waals surface area contributed by atoms with Crippen LogP contribution in [0.3, 0.4) is 0 Å². The first-order valence-corrected chi connectivity index (χ1v) is 27.1. The monoisotopic (exact) mass is 1020 g/mol. The van der Waals surface area contributed by atoms with Gasteiger partial charge in [-0.2, -0.15) is 0 Å². The van der Waals surface area contributed by atoms with E-state index in [0.29, 0.717) is 0 Å². The SMILES string of the molecule is c1ccc2c(c1)oc1c2ccc2c1c1ccccc1n2-c1ccc2oc3c(-n4c5ccccc5c5ccc6oc7ccccc7c6c54)c4c(cc3c2c1)oc1ccc(-n2c3ccccc3c3c5oc6ccccc6c5ccc32)cc14. The van der Waals surface area contributed by atoms with Crippen LogP contribution in [0, 0.1) is 0 Å². The number of fused-ring (bicyclic) bond motifs is 27. The van der Waals surface area contributed by atoms with Crippen LogP contribution < -0.4 is 0 Å². The highest BCUT2D eigenvalue weighted by molar-refractivity contribution is 6.30. The Labute approximate surface area is 450 Å². The van der Waals surface area contributed by atoms with Crippen molar-refractivity contribution in [1.29, 1.82) is 0 Å². The average Bonchev–Trinajstić information content (AvgIpc) is 4.40. The highest BCUT2D eigenvalue weighted by atomic mass is 16.3. The van der Waals surface area contributed by atoms with Crippen molar-refractivity contribution >= 4 is 175 Å². The lowest BCUT2D eigenvalue weighted by molar-refractivity contribution is 0.662. The summed E-state index contributed by atoms with van der Waals surface area (Å²) in [6.45, 7) is 0. The van der Waals surface area contributed by atoms with Gasteiger partial charge < -0.3 is 35.8 Å². The van der Waals surface area contributed by atoms with Crippen LogP contribution in [0.1, 0.15) is 0 Å². The number of furan rings is 5. The molecule has 8 nitrogen and oxygen atoms in total. The van der Waals surface area contributed by atoms with E-state index in [9.17, 15) is 0 Å². The zero-order valence-electron chi connectivity index (χ0n) is 42.2. The summed E-state index contributed by atoms with van der Waals surface area (Å²) in [4.78, 5) is 0. The fourth-order valence-corrected chi connectivity index (χ4v) is 14.1. The van der Waals surface area contributed by atoms with Gasteiger partial charge in [-0.25, -0.2) is 0 Å². The van der Waals surface area contributed by atoms with Crippen LogP contribution in [0.2, 0.25) is 0 Å². The Hall–Kier alpha value is -11.0.